The van der Waals surface area contributed by atoms with Gasteiger partial charge >= 0.3 is 5.97 Å². The highest BCUT2D eigenvalue weighted by Gasteiger charge is 2.16. The summed E-state index contributed by atoms with van der Waals surface area (Å²) in [5, 5.41) is 8.75. The van der Waals surface area contributed by atoms with E-state index in [0.717, 1.165) is 23.4 Å². The third-order valence-corrected chi connectivity index (χ3v) is 3.05. The van der Waals surface area contributed by atoms with E-state index >= 15 is 0 Å². The number of aryl methyl sites for hydroxylation is 2. The summed E-state index contributed by atoms with van der Waals surface area (Å²) in [5.41, 5.74) is 2.63. The normalized spacial score (nSPS) is 12.4. The maximum atomic E-state index is 10.6. The molecule has 1 unspecified atom stereocenters. The lowest BCUT2D eigenvalue weighted by Crippen LogP contribution is -2.12. The molecule has 106 valence electrons. The van der Waals surface area contributed by atoms with Gasteiger partial charge in [-0.15, -0.1) is 0 Å². The van der Waals surface area contributed by atoms with Crippen LogP contribution in [0, 0.1) is 13.8 Å². The average molecular weight is 266 g/mol. The van der Waals surface area contributed by atoms with Gasteiger partial charge < -0.3 is 9.84 Å². The van der Waals surface area contributed by atoms with E-state index in [0.29, 0.717) is 18.9 Å². The second-order valence-electron chi connectivity index (χ2n) is 4.48. The van der Waals surface area contributed by atoms with Crippen molar-refractivity contribution in [3.05, 3.63) is 22.8 Å². The van der Waals surface area contributed by atoms with Gasteiger partial charge in [-0.05, 0) is 39.2 Å². The van der Waals surface area contributed by atoms with Crippen molar-refractivity contribution in [3.8, 4) is 0 Å². The van der Waals surface area contributed by atoms with E-state index in [1.54, 1.807) is 0 Å². The maximum Gasteiger partial charge on any atom is 0.303 e. The molecule has 0 aliphatic heterocycles. The van der Waals surface area contributed by atoms with Crippen LogP contribution in [0.3, 0.4) is 0 Å². The molecular formula is C14H22N2O3. The Morgan fingerprint density at radius 2 is 1.84 bits per heavy atom. The summed E-state index contributed by atoms with van der Waals surface area (Å²) in [6.45, 7) is 8.40. The minimum absolute atomic E-state index is 0.0871. The number of rotatable bonds is 7. The van der Waals surface area contributed by atoms with Gasteiger partial charge in [0.25, 0.3) is 0 Å². The molecule has 0 fully saturated rings. The third-order valence-electron chi connectivity index (χ3n) is 3.05. The van der Waals surface area contributed by atoms with Crippen molar-refractivity contribution in [2.75, 3.05) is 6.61 Å². The zero-order valence-electron chi connectivity index (χ0n) is 12.1. The zero-order valence-corrected chi connectivity index (χ0v) is 12.1. The molecule has 0 bridgehead atoms. The predicted molar refractivity (Wildman–Crippen MR) is 72.1 cm³/mol. The van der Waals surface area contributed by atoms with Crippen molar-refractivity contribution in [2.24, 2.45) is 0 Å². The SMILES string of the molecule is CCOC(CC)c1nc(C)c(CCC(=O)O)c(C)n1. The van der Waals surface area contributed by atoms with Crippen LogP contribution in [0.15, 0.2) is 0 Å². The summed E-state index contributed by atoms with van der Waals surface area (Å²) in [4.78, 5) is 19.6. The largest absolute Gasteiger partial charge is 0.481 e. The van der Waals surface area contributed by atoms with Crippen molar-refractivity contribution in [2.45, 2.75) is 53.1 Å². The Morgan fingerprint density at radius 3 is 2.26 bits per heavy atom. The topological polar surface area (TPSA) is 72.3 Å². The van der Waals surface area contributed by atoms with Gasteiger partial charge in [-0.1, -0.05) is 6.92 Å². The molecule has 0 radical (unpaired) electrons. The lowest BCUT2D eigenvalue weighted by molar-refractivity contribution is -0.136. The molecule has 1 aromatic rings. The number of nitrogens with zero attached hydrogens (tertiary/aromatic N) is 2. The number of ether oxygens (including phenoxy) is 1. The van der Waals surface area contributed by atoms with E-state index in [1.165, 1.54) is 0 Å². The van der Waals surface area contributed by atoms with Gasteiger partial charge in [0.2, 0.25) is 0 Å². The molecule has 0 aliphatic carbocycles. The van der Waals surface area contributed by atoms with Crippen LogP contribution in [0.1, 0.15) is 55.6 Å². The lowest BCUT2D eigenvalue weighted by atomic mass is 10.1. The summed E-state index contributed by atoms with van der Waals surface area (Å²) >= 11 is 0. The van der Waals surface area contributed by atoms with E-state index in [9.17, 15) is 4.79 Å². The highest BCUT2D eigenvalue weighted by atomic mass is 16.5. The second-order valence-corrected chi connectivity index (χ2v) is 4.48. The Kier molecular flexibility index (Phi) is 5.89. The first-order valence-corrected chi connectivity index (χ1v) is 6.66. The Balaban J connectivity index is 2.98. The summed E-state index contributed by atoms with van der Waals surface area (Å²) in [6.07, 6.45) is 1.31. The zero-order chi connectivity index (χ0) is 14.4. The number of carboxylic acid groups (broad SMARTS) is 1. The maximum absolute atomic E-state index is 10.6. The summed E-state index contributed by atoms with van der Waals surface area (Å²) in [6, 6.07) is 0. The van der Waals surface area contributed by atoms with Gasteiger partial charge in [0, 0.05) is 24.4 Å². The molecule has 1 rings (SSSR count). The van der Waals surface area contributed by atoms with E-state index in [1.807, 2.05) is 27.7 Å². The van der Waals surface area contributed by atoms with Gasteiger partial charge in [-0.25, -0.2) is 9.97 Å². The number of aliphatic carboxylic acids is 1. The van der Waals surface area contributed by atoms with Crippen LogP contribution in [-0.4, -0.2) is 27.7 Å². The van der Waals surface area contributed by atoms with Crippen molar-refractivity contribution >= 4 is 5.97 Å². The van der Waals surface area contributed by atoms with Crippen LogP contribution in [-0.2, 0) is 16.0 Å². The number of aromatic nitrogens is 2. The van der Waals surface area contributed by atoms with Crippen LogP contribution < -0.4 is 0 Å². The monoisotopic (exact) mass is 266 g/mol. The molecule has 0 spiro atoms. The first kappa shape index (κ1) is 15.6. The molecule has 5 heteroatoms. The first-order chi connectivity index (χ1) is 8.99. The molecule has 1 heterocycles. The van der Waals surface area contributed by atoms with Gasteiger partial charge in [0.05, 0.1) is 0 Å². The van der Waals surface area contributed by atoms with E-state index in [2.05, 4.69) is 9.97 Å². The van der Waals surface area contributed by atoms with Gasteiger partial charge in [0.15, 0.2) is 5.82 Å². The van der Waals surface area contributed by atoms with Crippen molar-refractivity contribution in [3.63, 3.8) is 0 Å². The molecular weight excluding hydrogens is 244 g/mol. The Morgan fingerprint density at radius 1 is 1.26 bits per heavy atom. The van der Waals surface area contributed by atoms with Crippen molar-refractivity contribution in [1.82, 2.24) is 9.97 Å². The molecule has 0 amide bonds. The van der Waals surface area contributed by atoms with Crippen LogP contribution in [0.2, 0.25) is 0 Å². The first-order valence-electron chi connectivity index (χ1n) is 6.66. The van der Waals surface area contributed by atoms with E-state index < -0.39 is 5.97 Å². The fourth-order valence-corrected chi connectivity index (χ4v) is 2.08. The molecule has 19 heavy (non-hydrogen) atoms. The summed E-state index contributed by atoms with van der Waals surface area (Å²) < 4.78 is 5.61. The minimum Gasteiger partial charge on any atom is -0.481 e. The molecule has 0 aromatic carbocycles. The average Bonchev–Trinajstić information content (AvgIpc) is 2.34. The Labute approximate surface area is 114 Å². The van der Waals surface area contributed by atoms with E-state index in [4.69, 9.17) is 9.84 Å². The molecule has 5 nitrogen and oxygen atoms in total. The van der Waals surface area contributed by atoms with Gasteiger partial charge in [-0.2, -0.15) is 0 Å². The molecule has 0 saturated carbocycles. The minimum atomic E-state index is -0.802. The Hall–Kier alpha value is -1.49. The Bertz CT molecular complexity index is 423. The van der Waals surface area contributed by atoms with Gasteiger partial charge in [0.1, 0.15) is 6.10 Å². The predicted octanol–water partition coefficient (Wildman–Crippen LogP) is 2.60. The number of hydrogen-bond donors (Lipinski definition) is 1. The van der Waals surface area contributed by atoms with Crippen LogP contribution in [0.5, 0.6) is 0 Å². The fourth-order valence-electron chi connectivity index (χ4n) is 2.08. The van der Waals surface area contributed by atoms with Crippen molar-refractivity contribution in [1.29, 1.82) is 0 Å². The quantitative estimate of drug-likeness (QED) is 0.821. The molecule has 1 aromatic heterocycles. The number of hydrogen-bond acceptors (Lipinski definition) is 4. The standard InChI is InChI=1S/C14H22N2O3/c1-5-12(19-6-2)14-15-9(3)11(10(4)16-14)7-8-13(17)18/h12H,5-8H2,1-4H3,(H,17,18). The highest BCUT2D eigenvalue weighted by molar-refractivity contribution is 5.67. The number of carbonyl (C=O) groups is 1. The van der Waals surface area contributed by atoms with Gasteiger partial charge in [-0.3, -0.25) is 4.79 Å². The molecule has 0 saturated heterocycles. The lowest BCUT2D eigenvalue weighted by Gasteiger charge is -2.16. The molecule has 1 atom stereocenters. The summed E-state index contributed by atoms with van der Waals surface area (Å²) in [7, 11) is 0. The van der Waals surface area contributed by atoms with Crippen LogP contribution >= 0.6 is 0 Å². The van der Waals surface area contributed by atoms with Crippen molar-refractivity contribution < 1.29 is 14.6 Å². The van der Waals surface area contributed by atoms with Crippen LogP contribution in [0.25, 0.3) is 0 Å². The summed E-state index contributed by atoms with van der Waals surface area (Å²) in [5.74, 6) is -0.109. The highest BCUT2D eigenvalue weighted by Crippen LogP contribution is 2.20. The van der Waals surface area contributed by atoms with E-state index in [-0.39, 0.29) is 12.5 Å². The number of carboxylic acids is 1. The third kappa shape index (κ3) is 4.28. The fraction of sp³-hybridized carbons (Fsp3) is 0.643. The smallest absolute Gasteiger partial charge is 0.303 e. The molecule has 0 aliphatic rings. The van der Waals surface area contributed by atoms with Crippen LogP contribution in [0.4, 0.5) is 0 Å². The second kappa shape index (κ2) is 7.19. The molecule has 1 N–H and O–H groups in total.